The van der Waals surface area contributed by atoms with Crippen LogP contribution in [0.5, 0.6) is 5.75 Å². The van der Waals surface area contributed by atoms with Crippen molar-refractivity contribution in [3.63, 3.8) is 0 Å². The second-order valence-electron chi connectivity index (χ2n) is 8.70. The fourth-order valence-corrected chi connectivity index (χ4v) is 2.87. The molecule has 1 aromatic heterocycles. The average molecular weight is 348 g/mol. The van der Waals surface area contributed by atoms with E-state index in [9.17, 15) is 5.11 Å². The summed E-state index contributed by atoms with van der Waals surface area (Å²) < 4.78 is 0. The number of hydrogen-bond acceptors (Lipinski definition) is 4. The number of fused-ring (bicyclic) bond motifs is 1. The van der Waals surface area contributed by atoms with Gasteiger partial charge in [0.05, 0.1) is 11.6 Å². The van der Waals surface area contributed by atoms with E-state index in [4.69, 9.17) is 5.26 Å². The molecule has 0 aliphatic rings. The maximum atomic E-state index is 10.9. The summed E-state index contributed by atoms with van der Waals surface area (Å²) in [7, 11) is 0. The molecule has 0 atom stereocenters. The van der Waals surface area contributed by atoms with Crippen LogP contribution < -0.4 is 0 Å². The lowest BCUT2D eigenvalue weighted by atomic mass is 9.80. The second kappa shape index (κ2) is 5.84. The highest BCUT2D eigenvalue weighted by Crippen LogP contribution is 2.39. The molecule has 0 aliphatic carbocycles. The minimum absolute atomic E-state index is 0.0804. The number of hydrogen-bond donors (Lipinski definition) is 1. The number of phenols is 1. The van der Waals surface area contributed by atoms with Crippen molar-refractivity contribution in [1.29, 1.82) is 5.26 Å². The molecule has 0 aliphatic heterocycles. The van der Waals surface area contributed by atoms with Crippen molar-refractivity contribution in [2.75, 3.05) is 0 Å². The zero-order valence-corrected chi connectivity index (χ0v) is 16.1. The molecule has 1 heterocycles. The maximum Gasteiger partial charge on any atom is 0.146 e. The van der Waals surface area contributed by atoms with Gasteiger partial charge in [0.2, 0.25) is 0 Å². The van der Waals surface area contributed by atoms with E-state index in [-0.39, 0.29) is 16.6 Å². The van der Waals surface area contributed by atoms with Gasteiger partial charge in [-0.25, -0.2) is 0 Å². The Kier molecular flexibility index (Phi) is 4.03. The number of phenolic OH excluding ortho intramolecular Hbond substituents is 1. The molecule has 0 saturated heterocycles. The van der Waals surface area contributed by atoms with E-state index in [0.29, 0.717) is 22.3 Å². The Morgan fingerprint density at radius 2 is 1.58 bits per heavy atom. The fourth-order valence-electron chi connectivity index (χ4n) is 2.87. The van der Waals surface area contributed by atoms with Crippen LogP contribution >= 0.6 is 0 Å². The fraction of sp³-hybridized carbons (Fsp3) is 0.381. The molecule has 26 heavy (non-hydrogen) atoms. The summed E-state index contributed by atoms with van der Waals surface area (Å²) in [5.74, 6) is 0.186. The molecule has 0 bridgehead atoms. The van der Waals surface area contributed by atoms with Gasteiger partial charge in [-0.2, -0.15) is 5.26 Å². The summed E-state index contributed by atoms with van der Waals surface area (Å²) in [4.78, 5) is 1.46. The van der Waals surface area contributed by atoms with Crippen LogP contribution in [0.4, 0.5) is 0 Å². The Labute approximate surface area is 153 Å². The van der Waals surface area contributed by atoms with Crippen LogP contribution in [0.25, 0.3) is 16.7 Å². The summed E-state index contributed by atoms with van der Waals surface area (Å²) in [5, 5.41) is 29.0. The minimum atomic E-state index is -0.222. The molecular formula is C21H24N4O. The van der Waals surface area contributed by atoms with Crippen LogP contribution in [0.2, 0.25) is 0 Å². The van der Waals surface area contributed by atoms with Gasteiger partial charge < -0.3 is 5.11 Å². The highest BCUT2D eigenvalue weighted by molar-refractivity contribution is 5.76. The van der Waals surface area contributed by atoms with E-state index in [1.165, 1.54) is 4.80 Å². The Morgan fingerprint density at radius 3 is 2.15 bits per heavy atom. The molecule has 3 rings (SSSR count). The Bertz CT molecular complexity index is 1030. The van der Waals surface area contributed by atoms with E-state index < -0.39 is 0 Å². The lowest BCUT2D eigenvalue weighted by Gasteiger charge is -2.27. The summed E-state index contributed by atoms with van der Waals surface area (Å²) in [6.07, 6.45) is 0. The molecule has 0 fully saturated rings. The van der Waals surface area contributed by atoms with Gasteiger partial charge in [-0.15, -0.1) is 15.0 Å². The molecule has 0 spiro atoms. The van der Waals surface area contributed by atoms with Gasteiger partial charge in [0, 0.05) is 5.56 Å². The van der Waals surface area contributed by atoms with Crippen LogP contribution in [0.1, 0.15) is 58.2 Å². The Balaban J connectivity index is 2.28. The number of benzene rings is 2. The molecule has 0 radical (unpaired) electrons. The Hall–Kier alpha value is -2.87. The number of rotatable bonds is 1. The van der Waals surface area contributed by atoms with E-state index in [2.05, 4.69) is 63.9 Å². The van der Waals surface area contributed by atoms with Gasteiger partial charge in [0.15, 0.2) is 0 Å². The van der Waals surface area contributed by atoms with Gasteiger partial charge in [-0.3, -0.25) is 0 Å². The number of aromatic hydroxyl groups is 1. The first-order chi connectivity index (χ1) is 12.0. The molecule has 5 nitrogen and oxygen atoms in total. The molecular weight excluding hydrogens is 324 g/mol. The van der Waals surface area contributed by atoms with Gasteiger partial charge >= 0.3 is 0 Å². The Morgan fingerprint density at radius 1 is 0.923 bits per heavy atom. The number of nitriles is 1. The quantitative estimate of drug-likeness (QED) is 0.698. The van der Waals surface area contributed by atoms with Crippen molar-refractivity contribution in [2.24, 2.45) is 0 Å². The first-order valence-electron chi connectivity index (χ1n) is 8.66. The van der Waals surface area contributed by atoms with Crippen LogP contribution in [0.15, 0.2) is 30.3 Å². The zero-order chi connectivity index (χ0) is 19.3. The molecule has 2 aromatic carbocycles. The lowest BCUT2D eigenvalue weighted by Crippen LogP contribution is -2.18. The topological polar surface area (TPSA) is 74.7 Å². The summed E-state index contributed by atoms with van der Waals surface area (Å²) >= 11 is 0. The molecule has 3 aromatic rings. The van der Waals surface area contributed by atoms with Gasteiger partial charge in [0.1, 0.15) is 22.5 Å². The largest absolute Gasteiger partial charge is 0.505 e. The molecule has 0 unspecified atom stereocenters. The zero-order valence-electron chi connectivity index (χ0n) is 16.1. The SMILES string of the molecule is CC(C)(C)c1cc(-n2nc3ccc(C#N)cc3n2)c(O)c(C(C)(C)C)c1. The summed E-state index contributed by atoms with van der Waals surface area (Å²) in [5.41, 5.74) is 4.06. The average Bonchev–Trinajstić information content (AvgIpc) is 2.95. The third kappa shape index (κ3) is 3.15. The molecule has 0 amide bonds. The van der Waals surface area contributed by atoms with E-state index in [1.54, 1.807) is 18.2 Å². The van der Waals surface area contributed by atoms with Crippen LogP contribution in [-0.4, -0.2) is 20.1 Å². The van der Waals surface area contributed by atoms with Crippen molar-refractivity contribution in [3.8, 4) is 17.5 Å². The van der Waals surface area contributed by atoms with Crippen LogP contribution in [0.3, 0.4) is 0 Å². The number of nitrogens with zero attached hydrogens (tertiary/aromatic N) is 4. The predicted molar refractivity (Wildman–Crippen MR) is 103 cm³/mol. The van der Waals surface area contributed by atoms with Crippen molar-refractivity contribution in [3.05, 3.63) is 47.0 Å². The normalized spacial score (nSPS) is 12.3. The van der Waals surface area contributed by atoms with Crippen molar-refractivity contribution >= 4 is 11.0 Å². The first kappa shape index (κ1) is 17.9. The standard InChI is InChI=1S/C21H24N4O/c1-20(2,3)14-10-15(21(4,5)6)19(26)18(11-14)25-23-16-8-7-13(12-22)9-17(16)24-25/h7-11,26H,1-6H3. The highest BCUT2D eigenvalue weighted by atomic mass is 16.3. The molecule has 1 N–H and O–H groups in total. The minimum Gasteiger partial charge on any atom is -0.505 e. The molecule has 5 heteroatoms. The molecule has 134 valence electrons. The van der Waals surface area contributed by atoms with Crippen molar-refractivity contribution in [2.45, 2.75) is 52.4 Å². The predicted octanol–water partition coefficient (Wildman–Crippen LogP) is 4.59. The summed E-state index contributed by atoms with van der Waals surface area (Å²) in [6, 6.07) is 11.3. The number of aromatic nitrogens is 3. The third-order valence-corrected chi connectivity index (χ3v) is 4.49. The van der Waals surface area contributed by atoms with Crippen molar-refractivity contribution < 1.29 is 5.11 Å². The van der Waals surface area contributed by atoms with Gasteiger partial charge in [-0.05, 0) is 40.7 Å². The first-order valence-corrected chi connectivity index (χ1v) is 8.66. The summed E-state index contributed by atoms with van der Waals surface area (Å²) in [6.45, 7) is 12.6. The van der Waals surface area contributed by atoms with E-state index in [0.717, 1.165) is 11.1 Å². The second-order valence-corrected chi connectivity index (χ2v) is 8.70. The maximum absolute atomic E-state index is 10.9. The van der Waals surface area contributed by atoms with Crippen molar-refractivity contribution in [1.82, 2.24) is 15.0 Å². The molecule has 0 saturated carbocycles. The lowest BCUT2D eigenvalue weighted by molar-refractivity contribution is 0.438. The van der Waals surface area contributed by atoms with Gasteiger partial charge in [-0.1, -0.05) is 47.6 Å². The highest BCUT2D eigenvalue weighted by Gasteiger charge is 2.26. The van der Waals surface area contributed by atoms with Crippen LogP contribution in [-0.2, 0) is 10.8 Å². The smallest absolute Gasteiger partial charge is 0.146 e. The monoisotopic (exact) mass is 348 g/mol. The van der Waals surface area contributed by atoms with E-state index >= 15 is 0 Å². The van der Waals surface area contributed by atoms with Gasteiger partial charge in [0.25, 0.3) is 0 Å². The van der Waals surface area contributed by atoms with Crippen LogP contribution in [0, 0.1) is 11.3 Å². The van der Waals surface area contributed by atoms with E-state index in [1.807, 2.05) is 6.07 Å². The third-order valence-electron chi connectivity index (χ3n) is 4.49.